The first-order valence-corrected chi connectivity index (χ1v) is 5.95. The molecule has 6 heteroatoms. The number of pyridine rings is 1. The van der Waals surface area contributed by atoms with Crippen LogP contribution in [0.15, 0.2) is 24.4 Å². The normalized spacial score (nSPS) is 12.1. The van der Waals surface area contributed by atoms with Crippen molar-refractivity contribution in [1.29, 1.82) is 0 Å². The smallest absolute Gasteiger partial charge is 0.418 e. The van der Waals surface area contributed by atoms with Gasteiger partial charge < -0.3 is 5.11 Å². The van der Waals surface area contributed by atoms with E-state index < -0.39 is 17.7 Å². The number of fused-ring (bicyclic) bond motifs is 1. The van der Waals surface area contributed by atoms with Crippen molar-refractivity contribution in [1.82, 2.24) is 4.98 Å². The molecular formula is C14H12F3NO2. The Morgan fingerprint density at radius 3 is 2.45 bits per heavy atom. The second-order valence-electron chi connectivity index (χ2n) is 4.74. The quantitative estimate of drug-likeness (QED) is 0.903. The van der Waals surface area contributed by atoms with Crippen molar-refractivity contribution in [3.63, 3.8) is 0 Å². The molecule has 1 aromatic heterocycles. The SMILES string of the molecule is CC(C)c1c(C(=O)O)cnc2c(C(F)(F)F)cccc12. The minimum atomic E-state index is -4.52. The Morgan fingerprint density at radius 1 is 1.30 bits per heavy atom. The summed E-state index contributed by atoms with van der Waals surface area (Å²) in [4.78, 5) is 14.9. The number of carboxylic acid groups (broad SMARTS) is 1. The highest BCUT2D eigenvalue weighted by Gasteiger charge is 2.34. The van der Waals surface area contributed by atoms with Gasteiger partial charge in [0.15, 0.2) is 0 Å². The number of alkyl halides is 3. The lowest BCUT2D eigenvalue weighted by Crippen LogP contribution is -2.10. The van der Waals surface area contributed by atoms with Gasteiger partial charge in [0.05, 0.1) is 16.6 Å². The second-order valence-corrected chi connectivity index (χ2v) is 4.74. The monoisotopic (exact) mass is 283 g/mol. The third-order valence-electron chi connectivity index (χ3n) is 3.05. The zero-order valence-electron chi connectivity index (χ0n) is 10.8. The predicted octanol–water partition coefficient (Wildman–Crippen LogP) is 4.08. The van der Waals surface area contributed by atoms with E-state index in [-0.39, 0.29) is 22.4 Å². The van der Waals surface area contributed by atoms with Gasteiger partial charge in [-0.2, -0.15) is 13.2 Å². The molecule has 3 nitrogen and oxygen atoms in total. The van der Waals surface area contributed by atoms with Crippen molar-refractivity contribution < 1.29 is 23.1 Å². The van der Waals surface area contributed by atoms with Crippen LogP contribution in [0.4, 0.5) is 13.2 Å². The number of aromatic carboxylic acids is 1. The molecule has 1 heterocycles. The molecule has 0 saturated carbocycles. The summed E-state index contributed by atoms with van der Waals surface area (Å²) in [5.74, 6) is -1.42. The highest BCUT2D eigenvalue weighted by molar-refractivity contribution is 5.97. The lowest BCUT2D eigenvalue weighted by molar-refractivity contribution is -0.136. The molecule has 20 heavy (non-hydrogen) atoms. The Hall–Kier alpha value is -2.11. The maximum atomic E-state index is 13.0. The van der Waals surface area contributed by atoms with Gasteiger partial charge in [0.25, 0.3) is 0 Å². The van der Waals surface area contributed by atoms with E-state index in [0.717, 1.165) is 12.3 Å². The van der Waals surface area contributed by atoms with E-state index in [4.69, 9.17) is 5.11 Å². The molecule has 2 rings (SSSR count). The van der Waals surface area contributed by atoms with Crippen LogP contribution in [-0.2, 0) is 6.18 Å². The molecule has 1 aromatic carbocycles. The first-order chi connectivity index (χ1) is 9.23. The average Bonchev–Trinajstić information content (AvgIpc) is 2.34. The first kappa shape index (κ1) is 14.3. The minimum absolute atomic E-state index is 0.0631. The van der Waals surface area contributed by atoms with Gasteiger partial charge in [0.2, 0.25) is 0 Å². The Labute approximate surface area is 113 Å². The molecule has 0 atom stereocenters. The van der Waals surface area contributed by atoms with Crippen molar-refractivity contribution in [2.45, 2.75) is 25.9 Å². The van der Waals surface area contributed by atoms with E-state index in [0.29, 0.717) is 5.56 Å². The summed E-state index contributed by atoms with van der Waals surface area (Å²) in [7, 11) is 0. The maximum Gasteiger partial charge on any atom is 0.418 e. The lowest BCUT2D eigenvalue weighted by atomic mass is 9.93. The molecule has 0 unspecified atom stereocenters. The number of halogens is 3. The molecule has 0 radical (unpaired) electrons. The molecule has 106 valence electrons. The fraction of sp³-hybridized carbons (Fsp3) is 0.286. The highest BCUT2D eigenvalue weighted by atomic mass is 19.4. The Balaban J connectivity index is 2.90. The number of hydrogen-bond acceptors (Lipinski definition) is 2. The van der Waals surface area contributed by atoms with Gasteiger partial charge in [-0.3, -0.25) is 4.98 Å². The van der Waals surface area contributed by atoms with Crippen molar-refractivity contribution in [2.75, 3.05) is 0 Å². The molecule has 2 aromatic rings. The number of rotatable bonds is 2. The number of aromatic nitrogens is 1. The second kappa shape index (κ2) is 4.77. The maximum absolute atomic E-state index is 13.0. The summed E-state index contributed by atoms with van der Waals surface area (Å²) < 4.78 is 38.9. The summed E-state index contributed by atoms with van der Waals surface area (Å²) in [5.41, 5.74) is -0.761. The van der Waals surface area contributed by atoms with Crippen molar-refractivity contribution >= 4 is 16.9 Å². The predicted molar refractivity (Wildman–Crippen MR) is 67.8 cm³/mol. The zero-order valence-corrected chi connectivity index (χ0v) is 10.8. The van der Waals surface area contributed by atoms with E-state index in [9.17, 15) is 18.0 Å². The average molecular weight is 283 g/mol. The van der Waals surface area contributed by atoms with Crippen LogP contribution in [0.2, 0.25) is 0 Å². The van der Waals surface area contributed by atoms with E-state index in [1.807, 2.05) is 0 Å². The van der Waals surface area contributed by atoms with Gasteiger partial charge in [0.1, 0.15) is 0 Å². The summed E-state index contributed by atoms with van der Waals surface area (Å²) in [6.45, 7) is 3.48. The molecular weight excluding hydrogens is 271 g/mol. The Morgan fingerprint density at radius 2 is 1.95 bits per heavy atom. The summed E-state index contributed by atoms with van der Waals surface area (Å²) in [6.07, 6.45) is -3.53. The fourth-order valence-electron chi connectivity index (χ4n) is 2.26. The van der Waals surface area contributed by atoms with Crippen LogP contribution in [0.1, 0.15) is 41.3 Å². The number of para-hydroxylation sites is 1. The third-order valence-corrected chi connectivity index (χ3v) is 3.05. The van der Waals surface area contributed by atoms with Gasteiger partial charge in [0, 0.05) is 11.6 Å². The van der Waals surface area contributed by atoms with Crippen molar-refractivity contribution in [3.05, 3.63) is 41.1 Å². The van der Waals surface area contributed by atoms with Crippen LogP contribution in [-0.4, -0.2) is 16.1 Å². The molecule has 0 aliphatic rings. The number of carbonyl (C=O) groups is 1. The topological polar surface area (TPSA) is 50.2 Å². The number of nitrogens with zero attached hydrogens (tertiary/aromatic N) is 1. The number of hydrogen-bond donors (Lipinski definition) is 1. The summed E-state index contributed by atoms with van der Waals surface area (Å²) in [6, 6.07) is 3.68. The largest absolute Gasteiger partial charge is 0.478 e. The van der Waals surface area contributed by atoms with E-state index in [1.54, 1.807) is 13.8 Å². The fourth-order valence-corrected chi connectivity index (χ4v) is 2.26. The van der Waals surface area contributed by atoms with Crippen LogP contribution in [0.3, 0.4) is 0 Å². The van der Waals surface area contributed by atoms with Crippen LogP contribution < -0.4 is 0 Å². The molecule has 1 N–H and O–H groups in total. The minimum Gasteiger partial charge on any atom is -0.478 e. The Kier molecular flexibility index (Phi) is 3.41. The van der Waals surface area contributed by atoms with Gasteiger partial charge in [-0.25, -0.2) is 4.79 Å². The van der Waals surface area contributed by atoms with E-state index in [2.05, 4.69) is 4.98 Å². The highest BCUT2D eigenvalue weighted by Crippen LogP contribution is 2.36. The van der Waals surface area contributed by atoms with Crippen LogP contribution in [0.25, 0.3) is 10.9 Å². The van der Waals surface area contributed by atoms with Crippen LogP contribution >= 0.6 is 0 Å². The summed E-state index contributed by atoms with van der Waals surface area (Å²) in [5, 5.41) is 9.37. The number of benzene rings is 1. The third kappa shape index (κ3) is 2.33. The summed E-state index contributed by atoms with van der Waals surface area (Å²) >= 11 is 0. The van der Waals surface area contributed by atoms with Gasteiger partial charge in [-0.15, -0.1) is 0 Å². The van der Waals surface area contributed by atoms with Gasteiger partial charge >= 0.3 is 12.1 Å². The molecule has 0 saturated heterocycles. The number of carboxylic acids is 1. The first-order valence-electron chi connectivity index (χ1n) is 5.95. The van der Waals surface area contributed by atoms with Gasteiger partial charge in [-0.05, 0) is 17.5 Å². The van der Waals surface area contributed by atoms with Crippen molar-refractivity contribution in [2.24, 2.45) is 0 Å². The van der Waals surface area contributed by atoms with Crippen LogP contribution in [0.5, 0.6) is 0 Å². The lowest BCUT2D eigenvalue weighted by Gasteiger charge is -2.16. The van der Waals surface area contributed by atoms with Crippen molar-refractivity contribution in [3.8, 4) is 0 Å². The molecule has 0 bridgehead atoms. The van der Waals surface area contributed by atoms with E-state index >= 15 is 0 Å². The molecule has 0 fully saturated rings. The molecule has 0 spiro atoms. The molecule has 0 amide bonds. The molecule has 0 aliphatic heterocycles. The van der Waals surface area contributed by atoms with Crippen LogP contribution in [0, 0.1) is 0 Å². The zero-order chi connectivity index (χ0) is 15.1. The Bertz CT molecular complexity index is 678. The molecule has 0 aliphatic carbocycles. The van der Waals surface area contributed by atoms with E-state index in [1.165, 1.54) is 12.1 Å². The standard InChI is InChI=1S/C14H12F3NO2/c1-7(2)11-8-4-3-5-10(14(15,16)17)12(8)18-6-9(11)13(19)20/h3-7H,1-2H3,(H,19,20). The van der Waals surface area contributed by atoms with Gasteiger partial charge in [-0.1, -0.05) is 26.0 Å².